The average molecular weight is 672 g/mol. The fourth-order valence-electron chi connectivity index (χ4n) is 7.32. The summed E-state index contributed by atoms with van der Waals surface area (Å²) in [4.78, 5) is 15.1. The van der Waals surface area contributed by atoms with Gasteiger partial charge in [-0.25, -0.2) is 15.0 Å². The first-order valence-electron chi connectivity index (χ1n) is 16.8. The molecule has 0 radical (unpaired) electrons. The average Bonchev–Trinajstić information content (AvgIpc) is 3.88. The van der Waals surface area contributed by atoms with E-state index in [4.69, 9.17) is 23.8 Å². The molecule has 0 bridgehead atoms. The topological polar surface area (TPSA) is 65.0 Å². The molecule has 7 aromatic carbocycles. The van der Waals surface area contributed by atoms with Crippen LogP contribution in [-0.4, -0.2) is 15.0 Å². The van der Waals surface area contributed by atoms with Crippen molar-refractivity contribution in [1.82, 2.24) is 15.0 Å². The van der Waals surface area contributed by atoms with Crippen molar-refractivity contribution in [2.45, 2.75) is 0 Å². The van der Waals surface area contributed by atoms with Gasteiger partial charge in [0.25, 0.3) is 0 Å². The van der Waals surface area contributed by atoms with Crippen molar-refractivity contribution >= 4 is 75.4 Å². The molecule has 0 saturated heterocycles. The Balaban J connectivity index is 1.09. The lowest BCUT2D eigenvalue weighted by Crippen LogP contribution is -2.00. The highest BCUT2D eigenvalue weighted by atomic mass is 32.1. The minimum Gasteiger partial charge on any atom is -0.456 e. The Kier molecular flexibility index (Phi) is 6.05. The van der Waals surface area contributed by atoms with E-state index in [0.29, 0.717) is 17.5 Å². The molecule has 238 valence electrons. The van der Waals surface area contributed by atoms with Crippen LogP contribution >= 0.6 is 11.3 Å². The number of furan rings is 2. The van der Waals surface area contributed by atoms with Gasteiger partial charge < -0.3 is 8.83 Å². The number of benzene rings is 7. The molecule has 0 fully saturated rings. The Hall–Kier alpha value is -6.63. The third kappa shape index (κ3) is 4.43. The molecule has 5 nitrogen and oxygen atoms in total. The second kappa shape index (κ2) is 10.9. The van der Waals surface area contributed by atoms with Gasteiger partial charge in [-0.15, -0.1) is 11.3 Å². The summed E-state index contributed by atoms with van der Waals surface area (Å²) >= 11 is 1.84. The fourth-order valence-corrected chi connectivity index (χ4v) is 8.56. The maximum atomic E-state index is 6.75. The molecule has 0 aliphatic rings. The lowest BCUT2D eigenvalue weighted by Gasteiger charge is -2.09. The van der Waals surface area contributed by atoms with E-state index < -0.39 is 0 Å². The van der Waals surface area contributed by atoms with Crippen LogP contribution in [0.4, 0.5) is 0 Å². The SMILES string of the molecule is c1ccc(-c2nc(-c3ccc4oc5ccccc5c4c3)nc(-c3cccc4c3oc3cc(-c5cccc6c5sc5ccccc56)ccc34)n2)cc1. The summed E-state index contributed by atoms with van der Waals surface area (Å²) in [7, 11) is 0. The van der Waals surface area contributed by atoms with E-state index in [0.717, 1.165) is 66.1 Å². The summed E-state index contributed by atoms with van der Waals surface area (Å²) in [5, 5.41) is 6.71. The maximum absolute atomic E-state index is 6.75. The first kappa shape index (κ1) is 28.2. The van der Waals surface area contributed by atoms with E-state index >= 15 is 0 Å². The Morgan fingerprint density at radius 2 is 1.04 bits per heavy atom. The van der Waals surface area contributed by atoms with Gasteiger partial charge in [0.05, 0.1) is 5.56 Å². The molecule has 4 heterocycles. The van der Waals surface area contributed by atoms with Gasteiger partial charge in [0.15, 0.2) is 17.5 Å². The zero-order chi connectivity index (χ0) is 33.5. The van der Waals surface area contributed by atoms with E-state index in [1.807, 2.05) is 84.1 Å². The lowest BCUT2D eigenvalue weighted by molar-refractivity contribution is 0.669. The Labute approximate surface area is 295 Å². The van der Waals surface area contributed by atoms with E-state index in [1.54, 1.807) is 0 Å². The number of rotatable bonds is 4. The fraction of sp³-hybridized carbons (Fsp3) is 0. The van der Waals surface area contributed by atoms with Crippen molar-refractivity contribution < 1.29 is 8.83 Å². The first-order chi connectivity index (χ1) is 25.2. The monoisotopic (exact) mass is 671 g/mol. The van der Waals surface area contributed by atoms with Gasteiger partial charge in [0, 0.05) is 52.8 Å². The van der Waals surface area contributed by atoms with Crippen LogP contribution in [-0.2, 0) is 0 Å². The van der Waals surface area contributed by atoms with Crippen LogP contribution in [0.15, 0.2) is 160 Å². The zero-order valence-electron chi connectivity index (χ0n) is 27.0. The van der Waals surface area contributed by atoms with Gasteiger partial charge in [0.1, 0.15) is 22.3 Å². The normalized spacial score (nSPS) is 11.9. The van der Waals surface area contributed by atoms with Crippen LogP contribution in [0.3, 0.4) is 0 Å². The largest absolute Gasteiger partial charge is 0.456 e. The van der Waals surface area contributed by atoms with Gasteiger partial charge in [0.2, 0.25) is 0 Å². The smallest absolute Gasteiger partial charge is 0.167 e. The molecular weight excluding hydrogens is 647 g/mol. The highest BCUT2D eigenvalue weighted by Crippen LogP contribution is 2.42. The summed E-state index contributed by atoms with van der Waals surface area (Å²) in [6, 6.07) is 52.1. The standard InChI is InChI=1S/C45H25N3O2S/c1-2-10-26(11-3-1)43-46-44(28-21-23-38-36(24-28)30-12-4-6-18-37(30)49-38)48-45(47-43)35-17-9-15-33-31-22-20-27(25-39(31)50-41(33)35)29-14-8-16-34-32-13-5-7-19-40(32)51-42(29)34/h1-25H. The highest BCUT2D eigenvalue weighted by molar-refractivity contribution is 7.26. The van der Waals surface area contributed by atoms with Crippen molar-refractivity contribution in [3.8, 4) is 45.3 Å². The molecule has 0 saturated carbocycles. The summed E-state index contributed by atoms with van der Waals surface area (Å²) < 4.78 is 15.4. The van der Waals surface area contributed by atoms with Gasteiger partial charge in [-0.05, 0) is 59.7 Å². The molecular formula is C45H25N3O2S. The number of hydrogen-bond acceptors (Lipinski definition) is 6. The van der Waals surface area contributed by atoms with E-state index in [9.17, 15) is 0 Å². The van der Waals surface area contributed by atoms with Gasteiger partial charge in [-0.1, -0.05) is 103 Å². The molecule has 11 rings (SSSR count). The number of hydrogen-bond donors (Lipinski definition) is 0. The Morgan fingerprint density at radius 1 is 0.373 bits per heavy atom. The molecule has 0 unspecified atom stereocenters. The molecule has 0 aliphatic heterocycles. The zero-order valence-corrected chi connectivity index (χ0v) is 27.8. The Bertz CT molecular complexity index is 3160. The summed E-state index contributed by atoms with van der Waals surface area (Å²) in [6.45, 7) is 0. The van der Waals surface area contributed by atoms with Crippen LogP contribution in [0.5, 0.6) is 0 Å². The molecule has 0 N–H and O–H groups in total. The predicted molar refractivity (Wildman–Crippen MR) is 209 cm³/mol. The van der Waals surface area contributed by atoms with Crippen molar-refractivity contribution in [2.75, 3.05) is 0 Å². The molecule has 11 aromatic rings. The minimum absolute atomic E-state index is 0.552. The maximum Gasteiger partial charge on any atom is 0.167 e. The van der Waals surface area contributed by atoms with Crippen molar-refractivity contribution in [2.24, 2.45) is 0 Å². The first-order valence-corrected chi connectivity index (χ1v) is 17.7. The number of fused-ring (bicyclic) bond motifs is 9. The third-order valence-corrected chi connectivity index (χ3v) is 11.0. The van der Waals surface area contributed by atoms with Gasteiger partial charge in [-0.3, -0.25) is 0 Å². The van der Waals surface area contributed by atoms with Crippen LogP contribution in [0, 0.1) is 0 Å². The van der Waals surface area contributed by atoms with E-state index in [-0.39, 0.29) is 0 Å². The number of thiophene rings is 1. The van der Waals surface area contributed by atoms with Crippen LogP contribution in [0.1, 0.15) is 0 Å². The van der Waals surface area contributed by atoms with Gasteiger partial charge in [-0.2, -0.15) is 0 Å². The van der Waals surface area contributed by atoms with Gasteiger partial charge >= 0.3 is 0 Å². The van der Waals surface area contributed by atoms with Crippen LogP contribution < -0.4 is 0 Å². The lowest BCUT2D eigenvalue weighted by atomic mass is 10.0. The van der Waals surface area contributed by atoms with E-state index in [1.165, 1.54) is 25.7 Å². The highest BCUT2D eigenvalue weighted by Gasteiger charge is 2.19. The number of nitrogens with zero attached hydrogens (tertiary/aromatic N) is 3. The number of aromatic nitrogens is 3. The van der Waals surface area contributed by atoms with Crippen molar-refractivity contribution in [1.29, 1.82) is 0 Å². The Morgan fingerprint density at radius 3 is 1.94 bits per heavy atom. The summed E-state index contributed by atoms with van der Waals surface area (Å²) in [5.74, 6) is 1.73. The second-order valence-corrected chi connectivity index (χ2v) is 13.8. The third-order valence-electron chi connectivity index (χ3n) is 9.76. The molecule has 4 aromatic heterocycles. The molecule has 0 atom stereocenters. The number of para-hydroxylation sites is 2. The van der Waals surface area contributed by atoms with Crippen LogP contribution in [0.25, 0.3) is 109 Å². The minimum atomic E-state index is 0.552. The molecule has 0 amide bonds. The second-order valence-electron chi connectivity index (χ2n) is 12.8. The van der Waals surface area contributed by atoms with Crippen molar-refractivity contribution in [3.05, 3.63) is 152 Å². The molecule has 0 spiro atoms. The van der Waals surface area contributed by atoms with E-state index in [2.05, 4.69) is 78.9 Å². The van der Waals surface area contributed by atoms with Crippen LogP contribution in [0.2, 0.25) is 0 Å². The van der Waals surface area contributed by atoms with Crippen molar-refractivity contribution in [3.63, 3.8) is 0 Å². The molecule has 0 aliphatic carbocycles. The molecule has 51 heavy (non-hydrogen) atoms. The predicted octanol–water partition coefficient (Wildman–Crippen LogP) is 12.7. The molecule has 6 heteroatoms. The summed E-state index contributed by atoms with van der Waals surface area (Å²) in [5.41, 5.74) is 8.18. The summed E-state index contributed by atoms with van der Waals surface area (Å²) in [6.07, 6.45) is 0. The quantitative estimate of drug-likeness (QED) is 0.186.